The van der Waals surface area contributed by atoms with Gasteiger partial charge in [-0.15, -0.1) is 0 Å². The number of hydrogen-bond acceptors (Lipinski definition) is 6. The standard InChI is InChI=1S/C19H20F3NO6S2/c1-28-14-3-2-4-15(11-14)30(24,25)16-5-6-17(19(20,21)22)18(12-16)31(26,27)23-13-7-9-29-10-8-13/h2-6,11-13,23H,7-10H2,1H3. The summed E-state index contributed by atoms with van der Waals surface area (Å²) in [6, 6.07) is 6.47. The monoisotopic (exact) mass is 479 g/mol. The fraction of sp³-hybridized carbons (Fsp3) is 0.368. The molecule has 1 fully saturated rings. The first-order valence-corrected chi connectivity index (χ1v) is 12.1. The van der Waals surface area contributed by atoms with Crippen molar-refractivity contribution in [1.29, 1.82) is 0 Å². The lowest BCUT2D eigenvalue weighted by Crippen LogP contribution is -2.39. The van der Waals surface area contributed by atoms with Crippen LogP contribution in [0.1, 0.15) is 18.4 Å². The molecule has 7 nitrogen and oxygen atoms in total. The Bertz CT molecular complexity index is 1160. The van der Waals surface area contributed by atoms with Gasteiger partial charge in [-0.2, -0.15) is 13.2 Å². The molecule has 0 bridgehead atoms. The Labute approximate surface area is 178 Å². The number of benzene rings is 2. The molecule has 1 aliphatic rings. The Hall–Kier alpha value is -2.15. The lowest BCUT2D eigenvalue weighted by atomic mass is 10.1. The first kappa shape index (κ1) is 23.5. The quantitative estimate of drug-likeness (QED) is 0.684. The molecule has 1 aliphatic heterocycles. The molecule has 0 unspecified atom stereocenters. The van der Waals surface area contributed by atoms with Gasteiger partial charge in [0.25, 0.3) is 0 Å². The smallest absolute Gasteiger partial charge is 0.417 e. The highest BCUT2D eigenvalue weighted by molar-refractivity contribution is 7.91. The van der Waals surface area contributed by atoms with Gasteiger partial charge in [0, 0.05) is 19.3 Å². The second-order valence-corrected chi connectivity index (χ2v) is 10.5. The molecule has 0 atom stereocenters. The number of nitrogens with one attached hydrogen (secondary N) is 1. The topological polar surface area (TPSA) is 98.8 Å². The molecule has 31 heavy (non-hydrogen) atoms. The summed E-state index contributed by atoms with van der Waals surface area (Å²) in [5.41, 5.74) is -1.45. The maximum absolute atomic E-state index is 13.5. The van der Waals surface area contributed by atoms with E-state index in [9.17, 15) is 30.0 Å². The second kappa shape index (κ2) is 8.77. The van der Waals surface area contributed by atoms with Gasteiger partial charge in [0.05, 0.1) is 27.4 Å². The minimum Gasteiger partial charge on any atom is -0.497 e. The summed E-state index contributed by atoms with van der Waals surface area (Å²) in [7, 11) is -7.65. The van der Waals surface area contributed by atoms with Crippen molar-refractivity contribution in [2.24, 2.45) is 0 Å². The molecule has 1 N–H and O–H groups in total. The summed E-state index contributed by atoms with van der Waals surface area (Å²) in [6.07, 6.45) is -4.41. The summed E-state index contributed by atoms with van der Waals surface area (Å²) >= 11 is 0. The minimum absolute atomic E-state index is 0.224. The highest BCUT2D eigenvalue weighted by Crippen LogP contribution is 2.36. The van der Waals surface area contributed by atoms with Crippen molar-refractivity contribution >= 4 is 19.9 Å². The van der Waals surface area contributed by atoms with Gasteiger partial charge in [0.1, 0.15) is 5.75 Å². The van der Waals surface area contributed by atoms with Gasteiger partial charge in [-0.05, 0) is 49.2 Å². The average Bonchev–Trinajstić information content (AvgIpc) is 2.73. The summed E-state index contributed by atoms with van der Waals surface area (Å²) in [6.45, 7) is 0.535. The third-order valence-corrected chi connectivity index (χ3v) is 8.06. The van der Waals surface area contributed by atoms with Crippen LogP contribution in [0.5, 0.6) is 5.75 Å². The predicted molar refractivity (Wildman–Crippen MR) is 104 cm³/mol. The van der Waals surface area contributed by atoms with Crippen molar-refractivity contribution in [3.05, 3.63) is 48.0 Å². The zero-order chi connectivity index (χ0) is 22.9. The fourth-order valence-electron chi connectivity index (χ4n) is 3.13. The molecular weight excluding hydrogens is 459 g/mol. The van der Waals surface area contributed by atoms with Crippen molar-refractivity contribution in [2.45, 2.75) is 39.7 Å². The zero-order valence-corrected chi connectivity index (χ0v) is 18.0. The summed E-state index contributed by atoms with van der Waals surface area (Å²) in [4.78, 5) is -1.97. The van der Waals surface area contributed by atoms with E-state index in [2.05, 4.69) is 4.72 Å². The van der Waals surface area contributed by atoms with Crippen molar-refractivity contribution in [1.82, 2.24) is 4.72 Å². The highest BCUT2D eigenvalue weighted by atomic mass is 32.2. The summed E-state index contributed by atoms with van der Waals surface area (Å²) < 4.78 is 104. The number of ether oxygens (including phenoxy) is 2. The SMILES string of the molecule is COc1cccc(S(=O)(=O)c2ccc(C(F)(F)F)c(S(=O)(=O)NC3CCOCC3)c2)c1. The first-order valence-electron chi connectivity index (χ1n) is 9.15. The van der Waals surface area contributed by atoms with Gasteiger partial charge in [0.15, 0.2) is 0 Å². The molecule has 0 saturated carbocycles. The van der Waals surface area contributed by atoms with Gasteiger partial charge in [-0.1, -0.05) is 6.07 Å². The van der Waals surface area contributed by atoms with E-state index in [0.717, 1.165) is 6.07 Å². The molecule has 2 aromatic rings. The van der Waals surface area contributed by atoms with Crippen molar-refractivity contribution in [3.63, 3.8) is 0 Å². The van der Waals surface area contributed by atoms with E-state index >= 15 is 0 Å². The normalized spacial score (nSPS) is 16.3. The van der Waals surface area contributed by atoms with Crippen molar-refractivity contribution < 1.29 is 39.5 Å². The number of sulfonamides is 1. The van der Waals surface area contributed by atoms with Crippen molar-refractivity contribution in [2.75, 3.05) is 20.3 Å². The number of sulfone groups is 1. The van der Waals surface area contributed by atoms with Gasteiger partial charge >= 0.3 is 6.18 Å². The van der Waals surface area contributed by atoms with Crippen LogP contribution in [-0.2, 0) is 30.8 Å². The number of rotatable bonds is 6. The number of alkyl halides is 3. The van der Waals surface area contributed by atoms with Crippen LogP contribution in [0, 0.1) is 0 Å². The van der Waals surface area contributed by atoms with Gasteiger partial charge < -0.3 is 9.47 Å². The van der Waals surface area contributed by atoms with E-state index in [-0.39, 0.29) is 23.9 Å². The molecule has 0 radical (unpaired) electrons. The number of methoxy groups -OCH3 is 1. The van der Waals surface area contributed by atoms with Crippen LogP contribution in [0.15, 0.2) is 57.2 Å². The van der Waals surface area contributed by atoms with Crippen LogP contribution in [0.25, 0.3) is 0 Å². The molecule has 2 aromatic carbocycles. The molecule has 0 spiro atoms. The van der Waals surface area contributed by atoms with E-state index in [0.29, 0.717) is 25.0 Å². The second-order valence-electron chi connectivity index (χ2n) is 6.85. The molecule has 0 aliphatic carbocycles. The van der Waals surface area contributed by atoms with Crippen molar-refractivity contribution in [3.8, 4) is 5.75 Å². The van der Waals surface area contributed by atoms with E-state index in [4.69, 9.17) is 9.47 Å². The molecule has 0 amide bonds. The van der Waals surface area contributed by atoms with Crippen LogP contribution >= 0.6 is 0 Å². The van der Waals surface area contributed by atoms with E-state index in [1.54, 1.807) is 0 Å². The third-order valence-electron chi connectivity index (χ3n) is 4.75. The van der Waals surface area contributed by atoms with Gasteiger partial charge in [-0.3, -0.25) is 0 Å². The van der Waals surface area contributed by atoms with Crippen LogP contribution in [0.2, 0.25) is 0 Å². The molecule has 0 aromatic heterocycles. The zero-order valence-electron chi connectivity index (χ0n) is 16.3. The van der Waals surface area contributed by atoms with E-state index in [1.807, 2.05) is 0 Å². The van der Waals surface area contributed by atoms with Gasteiger partial charge in [-0.25, -0.2) is 21.6 Å². The Kier molecular flexibility index (Phi) is 6.65. The van der Waals surface area contributed by atoms with Crippen LogP contribution in [-0.4, -0.2) is 43.2 Å². The molecule has 12 heteroatoms. The third kappa shape index (κ3) is 5.20. The summed E-state index contributed by atoms with van der Waals surface area (Å²) in [5, 5.41) is 0. The van der Waals surface area contributed by atoms with Crippen LogP contribution < -0.4 is 9.46 Å². The Morgan fingerprint density at radius 2 is 1.65 bits per heavy atom. The summed E-state index contributed by atoms with van der Waals surface area (Å²) in [5.74, 6) is 0.224. The molecule has 1 saturated heterocycles. The lowest BCUT2D eigenvalue weighted by Gasteiger charge is -2.24. The molecule has 3 rings (SSSR count). The van der Waals surface area contributed by atoms with E-state index in [1.165, 1.54) is 31.4 Å². The Morgan fingerprint density at radius 1 is 1.00 bits per heavy atom. The maximum atomic E-state index is 13.5. The predicted octanol–water partition coefficient (Wildman–Crippen LogP) is 3.00. The van der Waals surface area contributed by atoms with Gasteiger partial charge in [0.2, 0.25) is 19.9 Å². The molecule has 170 valence electrons. The molecular formula is C19H20F3NO6S2. The molecule has 1 heterocycles. The van der Waals surface area contributed by atoms with Crippen LogP contribution in [0.4, 0.5) is 13.2 Å². The highest BCUT2D eigenvalue weighted by Gasteiger charge is 2.39. The van der Waals surface area contributed by atoms with E-state index < -0.39 is 47.4 Å². The Morgan fingerprint density at radius 3 is 2.26 bits per heavy atom. The maximum Gasteiger partial charge on any atom is 0.417 e. The number of hydrogen-bond donors (Lipinski definition) is 1. The lowest BCUT2D eigenvalue weighted by molar-refractivity contribution is -0.139. The van der Waals surface area contributed by atoms with Crippen LogP contribution in [0.3, 0.4) is 0 Å². The first-order chi connectivity index (χ1) is 14.4. The number of halogens is 3. The minimum atomic E-state index is -5.00. The largest absolute Gasteiger partial charge is 0.497 e. The average molecular weight is 479 g/mol. The Balaban J connectivity index is 2.10. The fourth-order valence-corrected chi connectivity index (χ4v) is 6.08.